The molecule has 0 aliphatic rings. The highest BCUT2D eigenvalue weighted by atomic mass is 16.6. The lowest BCUT2D eigenvalue weighted by atomic mass is 10.1. The molecule has 0 spiro atoms. The Morgan fingerprint density at radius 3 is 2.30 bits per heavy atom. The van der Waals surface area contributed by atoms with Crippen molar-refractivity contribution in [1.29, 1.82) is 0 Å². The van der Waals surface area contributed by atoms with Crippen LogP contribution in [0.3, 0.4) is 0 Å². The first-order valence-electron chi connectivity index (χ1n) is 6.95. The second kappa shape index (κ2) is 6.83. The second-order valence-electron chi connectivity index (χ2n) is 5.05. The number of nitrogens with zero attached hydrogens (tertiary/aromatic N) is 1. The lowest BCUT2D eigenvalue weighted by molar-refractivity contribution is -0.385. The van der Waals surface area contributed by atoms with Crippen LogP contribution in [0.1, 0.15) is 33.2 Å². The number of carbonyl (C=O) groups excluding carboxylic acids is 2. The number of benzene rings is 2. The molecule has 0 aromatic heterocycles. The number of hydrogen-bond acceptors (Lipinski definition) is 5. The van der Waals surface area contributed by atoms with Gasteiger partial charge in [0, 0.05) is 11.6 Å². The summed E-state index contributed by atoms with van der Waals surface area (Å²) in [6.07, 6.45) is -1.04. The highest BCUT2D eigenvalue weighted by molar-refractivity contribution is 6.02. The average Bonchev–Trinajstić information content (AvgIpc) is 2.54. The van der Waals surface area contributed by atoms with Crippen molar-refractivity contribution < 1.29 is 19.2 Å². The van der Waals surface area contributed by atoms with Gasteiger partial charge in [0.25, 0.3) is 5.69 Å². The number of para-hydroxylation sites is 1. The summed E-state index contributed by atoms with van der Waals surface area (Å²) in [4.78, 5) is 34.6. The lowest BCUT2D eigenvalue weighted by Gasteiger charge is -2.12. The molecule has 0 unspecified atom stereocenters. The molecular weight excluding hydrogens is 298 g/mol. The van der Waals surface area contributed by atoms with Crippen LogP contribution in [0.2, 0.25) is 0 Å². The number of ketones is 1. The second-order valence-corrected chi connectivity index (χ2v) is 5.05. The van der Waals surface area contributed by atoms with Crippen molar-refractivity contribution in [2.45, 2.75) is 20.0 Å². The summed E-state index contributed by atoms with van der Waals surface area (Å²) in [6.45, 7) is 3.33. The first-order valence-corrected chi connectivity index (χ1v) is 6.95. The van der Waals surface area contributed by atoms with E-state index in [2.05, 4.69) is 0 Å². The van der Waals surface area contributed by atoms with E-state index >= 15 is 0 Å². The van der Waals surface area contributed by atoms with Gasteiger partial charge in [-0.25, -0.2) is 4.79 Å². The van der Waals surface area contributed by atoms with E-state index in [4.69, 9.17) is 4.74 Å². The van der Waals surface area contributed by atoms with E-state index in [-0.39, 0.29) is 17.0 Å². The molecule has 0 saturated heterocycles. The van der Waals surface area contributed by atoms with Crippen LogP contribution >= 0.6 is 0 Å². The minimum atomic E-state index is -1.04. The van der Waals surface area contributed by atoms with Gasteiger partial charge in [-0.15, -0.1) is 0 Å². The van der Waals surface area contributed by atoms with Gasteiger partial charge in [-0.3, -0.25) is 14.9 Å². The zero-order valence-electron chi connectivity index (χ0n) is 12.7. The maximum Gasteiger partial charge on any atom is 0.345 e. The molecule has 118 valence electrons. The first kappa shape index (κ1) is 16.4. The number of hydrogen-bond donors (Lipinski definition) is 0. The van der Waals surface area contributed by atoms with Crippen molar-refractivity contribution in [3.05, 3.63) is 75.3 Å². The number of ether oxygens (including phenoxy) is 1. The van der Waals surface area contributed by atoms with E-state index in [0.29, 0.717) is 5.56 Å². The number of aryl methyl sites for hydroxylation is 1. The van der Waals surface area contributed by atoms with Crippen molar-refractivity contribution in [2.24, 2.45) is 0 Å². The van der Waals surface area contributed by atoms with Gasteiger partial charge in [-0.2, -0.15) is 0 Å². The monoisotopic (exact) mass is 313 g/mol. The maximum absolute atomic E-state index is 12.2. The smallest absolute Gasteiger partial charge is 0.345 e. The zero-order valence-corrected chi connectivity index (χ0v) is 12.7. The summed E-state index contributed by atoms with van der Waals surface area (Å²) < 4.78 is 5.08. The summed E-state index contributed by atoms with van der Waals surface area (Å²) in [5.74, 6) is -1.26. The highest BCUT2D eigenvalue weighted by Gasteiger charge is 2.25. The zero-order chi connectivity index (χ0) is 17.0. The van der Waals surface area contributed by atoms with Gasteiger partial charge in [0.1, 0.15) is 5.56 Å². The van der Waals surface area contributed by atoms with Gasteiger partial charge in [0.15, 0.2) is 6.10 Å². The van der Waals surface area contributed by atoms with Gasteiger partial charge in [0.2, 0.25) is 5.78 Å². The number of nitro benzene ring substituents is 1. The summed E-state index contributed by atoms with van der Waals surface area (Å²) in [6, 6.07) is 12.3. The van der Waals surface area contributed by atoms with Crippen molar-refractivity contribution >= 4 is 17.4 Å². The highest BCUT2D eigenvalue weighted by Crippen LogP contribution is 2.19. The molecular formula is C17H15NO5. The van der Waals surface area contributed by atoms with Crippen molar-refractivity contribution in [3.8, 4) is 0 Å². The third kappa shape index (κ3) is 3.79. The minimum absolute atomic E-state index is 0.180. The summed E-state index contributed by atoms with van der Waals surface area (Å²) in [5.41, 5.74) is 0.887. The summed E-state index contributed by atoms with van der Waals surface area (Å²) in [5, 5.41) is 10.9. The van der Waals surface area contributed by atoms with Gasteiger partial charge in [0.05, 0.1) is 4.92 Å². The molecule has 0 saturated carbocycles. The number of carbonyl (C=O) groups is 2. The van der Waals surface area contributed by atoms with Crippen LogP contribution in [0.5, 0.6) is 0 Å². The Hall–Kier alpha value is -3.02. The molecule has 0 aliphatic heterocycles. The molecule has 0 N–H and O–H groups in total. The predicted molar refractivity (Wildman–Crippen MR) is 83.5 cm³/mol. The van der Waals surface area contributed by atoms with Crippen LogP contribution in [-0.2, 0) is 4.74 Å². The van der Waals surface area contributed by atoms with Crippen LogP contribution in [0.4, 0.5) is 5.69 Å². The van der Waals surface area contributed by atoms with Gasteiger partial charge in [-0.05, 0) is 19.9 Å². The molecule has 6 heteroatoms. The van der Waals surface area contributed by atoms with Crippen LogP contribution < -0.4 is 0 Å². The molecule has 23 heavy (non-hydrogen) atoms. The van der Waals surface area contributed by atoms with E-state index in [1.165, 1.54) is 31.2 Å². The first-order chi connectivity index (χ1) is 10.9. The average molecular weight is 313 g/mol. The van der Waals surface area contributed by atoms with E-state index < -0.39 is 17.0 Å². The molecule has 0 amide bonds. The van der Waals surface area contributed by atoms with E-state index in [1.807, 2.05) is 6.92 Å². The minimum Gasteiger partial charge on any atom is -0.450 e. The van der Waals surface area contributed by atoms with Crippen LogP contribution in [0.25, 0.3) is 0 Å². The number of rotatable bonds is 5. The fourth-order valence-electron chi connectivity index (χ4n) is 2.04. The number of nitro groups is 1. The van der Waals surface area contributed by atoms with Crippen LogP contribution in [-0.4, -0.2) is 22.8 Å². The molecule has 0 aliphatic carbocycles. The largest absolute Gasteiger partial charge is 0.450 e. The van der Waals surface area contributed by atoms with Gasteiger partial charge < -0.3 is 4.74 Å². The van der Waals surface area contributed by atoms with E-state index in [1.54, 1.807) is 24.3 Å². The predicted octanol–water partition coefficient (Wildman–Crippen LogP) is 3.33. The fourth-order valence-corrected chi connectivity index (χ4v) is 2.04. The normalized spacial score (nSPS) is 11.6. The topological polar surface area (TPSA) is 86.5 Å². The quantitative estimate of drug-likeness (QED) is 0.366. The molecule has 1 atom stereocenters. The molecule has 0 radical (unpaired) electrons. The molecule has 2 aromatic rings. The molecule has 6 nitrogen and oxygen atoms in total. The molecule has 0 heterocycles. The SMILES string of the molecule is Cc1ccc(C(=O)[C@H](C)OC(=O)c2ccccc2[N+](=O)[O-])cc1. The molecule has 2 aromatic carbocycles. The number of Topliss-reactive ketones (excluding diaryl/α,β-unsaturated/α-hetero) is 1. The molecule has 0 bridgehead atoms. The van der Waals surface area contributed by atoms with E-state index in [9.17, 15) is 19.7 Å². The van der Waals surface area contributed by atoms with Crippen molar-refractivity contribution in [1.82, 2.24) is 0 Å². The van der Waals surface area contributed by atoms with Crippen LogP contribution in [0, 0.1) is 17.0 Å². The Morgan fingerprint density at radius 2 is 1.70 bits per heavy atom. The number of esters is 1. The Labute approximate surface area is 132 Å². The van der Waals surface area contributed by atoms with Gasteiger partial charge >= 0.3 is 5.97 Å². The van der Waals surface area contributed by atoms with Crippen molar-refractivity contribution in [2.75, 3.05) is 0 Å². The van der Waals surface area contributed by atoms with Crippen LogP contribution in [0.15, 0.2) is 48.5 Å². The third-order valence-corrected chi connectivity index (χ3v) is 3.31. The Bertz CT molecular complexity index is 752. The fraction of sp³-hybridized carbons (Fsp3) is 0.176. The maximum atomic E-state index is 12.2. The van der Waals surface area contributed by atoms with Crippen molar-refractivity contribution in [3.63, 3.8) is 0 Å². The Morgan fingerprint density at radius 1 is 1.09 bits per heavy atom. The van der Waals surface area contributed by atoms with E-state index in [0.717, 1.165) is 5.56 Å². The van der Waals surface area contributed by atoms with Gasteiger partial charge in [-0.1, -0.05) is 42.0 Å². The third-order valence-electron chi connectivity index (χ3n) is 3.31. The standard InChI is InChI=1S/C17H15NO5/c1-11-7-9-13(10-8-11)16(19)12(2)23-17(20)14-5-3-4-6-15(14)18(21)22/h3-10,12H,1-2H3/t12-/m0/s1. The molecule has 2 rings (SSSR count). The Kier molecular flexibility index (Phi) is 4.85. The Balaban J connectivity index is 2.15. The summed E-state index contributed by atoms with van der Waals surface area (Å²) >= 11 is 0. The summed E-state index contributed by atoms with van der Waals surface area (Å²) in [7, 11) is 0. The molecule has 0 fully saturated rings. The lowest BCUT2D eigenvalue weighted by Crippen LogP contribution is -2.24.